The minimum Gasteiger partial charge on any atom is -0.348 e. The monoisotopic (exact) mass is 297 g/mol. The molecular weight excluding hydrogens is 274 g/mol. The summed E-state index contributed by atoms with van der Waals surface area (Å²) in [5.74, 6) is 0.389. The van der Waals surface area contributed by atoms with E-state index in [2.05, 4.69) is 48.9 Å². The van der Waals surface area contributed by atoms with Gasteiger partial charge in [-0.05, 0) is 38.0 Å². The molecule has 1 N–H and O–H groups in total. The molecule has 4 nitrogen and oxygen atoms in total. The molecule has 1 amide bonds. The van der Waals surface area contributed by atoms with Crippen molar-refractivity contribution in [2.45, 2.75) is 34.2 Å². The van der Waals surface area contributed by atoms with Gasteiger partial charge in [0.2, 0.25) is 0 Å². The number of hydrogen-bond donors (Lipinski definition) is 1. The molecule has 0 aliphatic rings. The van der Waals surface area contributed by atoms with E-state index < -0.39 is 0 Å². The van der Waals surface area contributed by atoms with Gasteiger partial charge in [0.15, 0.2) is 0 Å². The van der Waals surface area contributed by atoms with Crippen LogP contribution in [0.15, 0.2) is 41.5 Å². The van der Waals surface area contributed by atoms with Gasteiger partial charge >= 0.3 is 0 Å². The van der Waals surface area contributed by atoms with E-state index in [0.29, 0.717) is 11.5 Å². The summed E-state index contributed by atoms with van der Waals surface area (Å²) in [6.45, 7) is 9.56. The number of nitrogens with zero attached hydrogens (tertiary/aromatic N) is 2. The number of rotatable bonds is 5. The highest BCUT2D eigenvalue weighted by Crippen LogP contribution is 2.15. The minimum absolute atomic E-state index is 0.201. The van der Waals surface area contributed by atoms with E-state index >= 15 is 0 Å². The van der Waals surface area contributed by atoms with Crippen molar-refractivity contribution in [1.82, 2.24) is 9.99 Å². The van der Waals surface area contributed by atoms with Gasteiger partial charge in [-0.25, -0.2) is 5.43 Å². The number of nitrogens with one attached hydrogen (secondary N) is 1. The first-order chi connectivity index (χ1) is 10.5. The van der Waals surface area contributed by atoms with Crippen molar-refractivity contribution in [1.29, 1.82) is 0 Å². The molecule has 2 rings (SSSR count). The lowest BCUT2D eigenvalue weighted by Crippen LogP contribution is -2.17. The Balaban J connectivity index is 2.06. The van der Waals surface area contributed by atoms with Crippen molar-refractivity contribution in [2.75, 3.05) is 0 Å². The second-order valence-corrected chi connectivity index (χ2v) is 5.90. The Labute approximate surface area is 131 Å². The Morgan fingerprint density at radius 3 is 2.59 bits per heavy atom. The molecule has 0 radical (unpaired) electrons. The maximum Gasteiger partial charge on any atom is 0.271 e. The van der Waals surface area contributed by atoms with Gasteiger partial charge in [-0.15, -0.1) is 0 Å². The zero-order valence-corrected chi connectivity index (χ0v) is 13.6. The molecule has 116 valence electrons. The van der Waals surface area contributed by atoms with Crippen molar-refractivity contribution < 1.29 is 4.79 Å². The number of carbonyl (C=O) groups excluding carboxylic acids is 1. The van der Waals surface area contributed by atoms with Gasteiger partial charge < -0.3 is 4.57 Å². The quantitative estimate of drug-likeness (QED) is 0.666. The lowest BCUT2D eigenvalue weighted by atomic mass is 10.2. The van der Waals surface area contributed by atoms with Crippen molar-refractivity contribution >= 4 is 12.1 Å². The van der Waals surface area contributed by atoms with Crippen LogP contribution >= 0.6 is 0 Å². The summed E-state index contributed by atoms with van der Waals surface area (Å²) in [7, 11) is 0. The predicted molar refractivity (Wildman–Crippen MR) is 90.2 cm³/mol. The maximum atomic E-state index is 11.9. The van der Waals surface area contributed by atoms with Gasteiger partial charge in [0.05, 0.1) is 6.21 Å². The van der Waals surface area contributed by atoms with Crippen LogP contribution in [0.1, 0.15) is 41.2 Å². The lowest BCUT2D eigenvalue weighted by Gasteiger charge is -2.11. The molecule has 0 saturated carbocycles. The Bertz CT molecular complexity index is 669. The smallest absolute Gasteiger partial charge is 0.271 e. The largest absolute Gasteiger partial charge is 0.348 e. The highest BCUT2D eigenvalue weighted by Gasteiger charge is 2.09. The standard InChI is InChI=1S/C18H23N3O/c1-13(2)12-21-14(3)10-17(15(21)4)11-19-20-18(22)16-8-6-5-7-9-16/h5-11,13H,12H2,1-4H3,(H,20,22)/b19-11-. The summed E-state index contributed by atoms with van der Waals surface area (Å²) in [4.78, 5) is 11.9. The van der Waals surface area contributed by atoms with Crippen LogP contribution in [-0.2, 0) is 6.54 Å². The maximum absolute atomic E-state index is 11.9. The number of carbonyl (C=O) groups is 1. The zero-order valence-electron chi connectivity index (χ0n) is 13.6. The molecule has 22 heavy (non-hydrogen) atoms. The van der Waals surface area contributed by atoms with Crippen molar-refractivity contribution in [3.8, 4) is 0 Å². The van der Waals surface area contributed by atoms with E-state index in [4.69, 9.17) is 0 Å². The molecule has 0 saturated heterocycles. The molecule has 0 unspecified atom stereocenters. The summed E-state index contributed by atoms with van der Waals surface area (Å²) >= 11 is 0. The van der Waals surface area contributed by atoms with E-state index in [1.165, 1.54) is 11.4 Å². The molecule has 0 fully saturated rings. The van der Waals surface area contributed by atoms with E-state index in [1.807, 2.05) is 18.2 Å². The molecule has 4 heteroatoms. The third-order valence-electron chi connectivity index (χ3n) is 3.57. The molecule has 1 aromatic heterocycles. The molecule has 0 bridgehead atoms. The number of benzene rings is 1. The minimum atomic E-state index is -0.201. The summed E-state index contributed by atoms with van der Waals surface area (Å²) in [5, 5.41) is 4.07. The van der Waals surface area contributed by atoms with E-state index in [9.17, 15) is 4.79 Å². The molecule has 2 aromatic rings. The Kier molecular flexibility index (Phi) is 5.15. The van der Waals surface area contributed by atoms with E-state index in [0.717, 1.165) is 12.1 Å². The van der Waals surface area contributed by atoms with Crippen molar-refractivity contribution in [3.05, 3.63) is 58.9 Å². The summed E-state index contributed by atoms with van der Waals surface area (Å²) < 4.78 is 2.28. The highest BCUT2D eigenvalue weighted by atomic mass is 16.2. The summed E-state index contributed by atoms with van der Waals surface area (Å²) in [6, 6.07) is 11.2. The van der Waals surface area contributed by atoms with Crippen LogP contribution < -0.4 is 5.43 Å². The second kappa shape index (κ2) is 7.07. The van der Waals surface area contributed by atoms with Gasteiger partial charge in [0.1, 0.15) is 0 Å². The van der Waals surface area contributed by atoms with Gasteiger partial charge in [-0.2, -0.15) is 5.10 Å². The molecule has 0 atom stereocenters. The summed E-state index contributed by atoms with van der Waals surface area (Å²) in [5.41, 5.74) is 6.58. The summed E-state index contributed by atoms with van der Waals surface area (Å²) in [6.07, 6.45) is 1.71. The van der Waals surface area contributed by atoms with Crippen molar-refractivity contribution in [2.24, 2.45) is 11.0 Å². The molecular formula is C18H23N3O. The fraction of sp³-hybridized carbons (Fsp3) is 0.333. The van der Waals surface area contributed by atoms with Crippen molar-refractivity contribution in [3.63, 3.8) is 0 Å². The van der Waals surface area contributed by atoms with Gasteiger partial charge in [0, 0.05) is 29.1 Å². The van der Waals surface area contributed by atoms with Crippen LogP contribution in [0.3, 0.4) is 0 Å². The third-order valence-corrected chi connectivity index (χ3v) is 3.57. The normalized spacial score (nSPS) is 11.3. The highest BCUT2D eigenvalue weighted by molar-refractivity contribution is 5.94. The predicted octanol–water partition coefficient (Wildman–Crippen LogP) is 3.52. The first-order valence-electron chi connectivity index (χ1n) is 7.54. The average Bonchev–Trinajstić information content (AvgIpc) is 2.75. The molecule has 1 heterocycles. The Morgan fingerprint density at radius 2 is 1.95 bits per heavy atom. The molecule has 0 aliphatic carbocycles. The Morgan fingerprint density at radius 1 is 1.27 bits per heavy atom. The number of hydrazone groups is 1. The fourth-order valence-electron chi connectivity index (χ4n) is 2.42. The van der Waals surface area contributed by atoms with Crippen LogP contribution in [0.4, 0.5) is 0 Å². The average molecular weight is 297 g/mol. The zero-order chi connectivity index (χ0) is 16.1. The number of aromatic nitrogens is 1. The molecule has 1 aromatic carbocycles. The van der Waals surface area contributed by atoms with E-state index in [-0.39, 0.29) is 5.91 Å². The lowest BCUT2D eigenvalue weighted by molar-refractivity contribution is 0.0955. The molecule has 0 spiro atoms. The van der Waals surface area contributed by atoms with Gasteiger partial charge in [-0.3, -0.25) is 4.79 Å². The van der Waals surface area contributed by atoms with Crippen LogP contribution in [0.2, 0.25) is 0 Å². The number of hydrogen-bond acceptors (Lipinski definition) is 2. The van der Waals surface area contributed by atoms with Crippen LogP contribution in [-0.4, -0.2) is 16.7 Å². The second-order valence-electron chi connectivity index (χ2n) is 5.90. The Hall–Kier alpha value is -2.36. The fourth-order valence-corrected chi connectivity index (χ4v) is 2.42. The van der Waals surface area contributed by atoms with Crippen LogP contribution in [0.25, 0.3) is 0 Å². The first kappa shape index (κ1) is 16.0. The van der Waals surface area contributed by atoms with Gasteiger partial charge in [0.25, 0.3) is 5.91 Å². The third kappa shape index (κ3) is 3.85. The number of amides is 1. The SMILES string of the molecule is Cc1cc(/C=N\NC(=O)c2ccccc2)c(C)n1CC(C)C. The van der Waals surface area contributed by atoms with Crippen LogP contribution in [0, 0.1) is 19.8 Å². The number of aryl methyl sites for hydroxylation is 1. The molecule has 0 aliphatic heterocycles. The van der Waals surface area contributed by atoms with Gasteiger partial charge in [-0.1, -0.05) is 32.0 Å². The van der Waals surface area contributed by atoms with E-state index in [1.54, 1.807) is 18.3 Å². The first-order valence-corrected chi connectivity index (χ1v) is 7.54. The topological polar surface area (TPSA) is 46.4 Å². The van der Waals surface area contributed by atoms with Crippen LogP contribution in [0.5, 0.6) is 0 Å².